The summed E-state index contributed by atoms with van der Waals surface area (Å²) in [6, 6.07) is 18.9. The first-order chi connectivity index (χ1) is 13.2. The van der Waals surface area contributed by atoms with Gasteiger partial charge in [0.05, 0.1) is 12.7 Å². The molecular formula is C22H29ClN2O3. The minimum absolute atomic E-state index is 0. The first kappa shape index (κ1) is 22.2. The molecule has 0 spiro atoms. The molecule has 1 saturated heterocycles. The third-order valence-corrected chi connectivity index (χ3v) is 5.00. The van der Waals surface area contributed by atoms with E-state index >= 15 is 0 Å². The average molecular weight is 405 g/mol. The lowest BCUT2D eigenvalue weighted by molar-refractivity contribution is -0.122. The van der Waals surface area contributed by atoms with E-state index in [1.54, 1.807) is 7.05 Å². The first-order valence-electron chi connectivity index (χ1n) is 9.48. The molecule has 6 heteroatoms. The van der Waals surface area contributed by atoms with Crippen LogP contribution in [-0.4, -0.2) is 50.2 Å². The van der Waals surface area contributed by atoms with Crippen LogP contribution in [0.4, 0.5) is 0 Å². The maximum absolute atomic E-state index is 11.2. The number of carbonyl (C=O) groups is 1. The fraction of sp³-hybridized carbons (Fsp3) is 0.409. The Morgan fingerprint density at radius 1 is 1.21 bits per heavy atom. The van der Waals surface area contributed by atoms with E-state index in [2.05, 4.69) is 53.5 Å². The van der Waals surface area contributed by atoms with Crippen LogP contribution in [0, 0.1) is 0 Å². The lowest BCUT2D eigenvalue weighted by Gasteiger charge is -2.37. The summed E-state index contributed by atoms with van der Waals surface area (Å²) in [5, 5.41) is 2.54. The Bertz CT molecular complexity index is 724. The van der Waals surface area contributed by atoms with E-state index in [-0.39, 0.29) is 31.0 Å². The number of nitrogens with zero attached hydrogens (tertiary/aromatic N) is 1. The predicted molar refractivity (Wildman–Crippen MR) is 113 cm³/mol. The molecule has 0 aliphatic carbocycles. The van der Waals surface area contributed by atoms with Gasteiger partial charge in [0.1, 0.15) is 5.75 Å². The van der Waals surface area contributed by atoms with Crippen molar-refractivity contribution in [3.63, 3.8) is 0 Å². The van der Waals surface area contributed by atoms with E-state index in [9.17, 15) is 4.79 Å². The molecule has 3 rings (SSSR count). The lowest BCUT2D eigenvalue weighted by atomic mass is 10.0. The molecule has 0 saturated carbocycles. The standard InChI is InChI=1S/C22H28N2O3.ClH/c1-17(14-18-8-10-20(11-9-18)27-16-22(25)23-2)24-12-13-26-21(15-24)19-6-4-3-5-7-19;/h3-11,17,21H,12-16H2,1-2H3,(H,23,25);1H. The van der Waals surface area contributed by atoms with Crippen LogP contribution in [0.3, 0.4) is 0 Å². The van der Waals surface area contributed by atoms with Gasteiger partial charge in [-0.25, -0.2) is 0 Å². The number of amides is 1. The molecule has 5 nitrogen and oxygen atoms in total. The molecule has 2 unspecified atom stereocenters. The highest BCUT2D eigenvalue weighted by Gasteiger charge is 2.25. The zero-order valence-corrected chi connectivity index (χ0v) is 17.3. The summed E-state index contributed by atoms with van der Waals surface area (Å²) in [4.78, 5) is 13.7. The summed E-state index contributed by atoms with van der Waals surface area (Å²) < 4.78 is 11.4. The van der Waals surface area contributed by atoms with Gasteiger partial charge in [-0.3, -0.25) is 9.69 Å². The summed E-state index contributed by atoms with van der Waals surface area (Å²) >= 11 is 0. The molecular weight excluding hydrogens is 376 g/mol. The Balaban J connectivity index is 0.00000280. The second kappa shape index (κ2) is 11.1. The number of carbonyl (C=O) groups excluding carboxylic acids is 1. The quantitative estimate of drug-likeness (QED) is 0.769. The molecule has 2 aromatic rings. The molecule has 0 aromatic heterocycles. The average Bonchev–Trinajstić information content (AvgIpc) is 2.73. The van der Waals surface area contributed by atoms with Crippen LogP contribution < -0.4 is 10.1 Å². The molecule has 0 radical (unpaired) electrons. The van der Waals surface area contributed by atoms with Gasteiger partial charge in [0.2, 0.25) is 0 Å². The number of benzene rings is 2. The van der Waals surface area contributed by atoms with Gasteiger partial charge in [-0.15, -0.1) is 12.4 Å². The van der Waals surface area contributed by atoms with E-state index in [0.717, 1.165) is 26.1 Å². The van der Waals surface area contributed by atoms with Crippen molar-refractivity contribution in [2.24, 2.45) is 0 Å². The molecule has 0 bridgehead atoms. The van der Waals surface area contributed by atoms with E-state index < -0.39 is 0 Å². The molecule has 1 fully saturated rings. The maximum atomic E-state index is 11.2. The molecule has 2 aromatic carbocycles. The smallest absolute Gasteiger partial charge is 0.257 e. The first-order valence-corrected chi connectivity index (χ1v) is 9.48. The number of morpholine rings is 1. The fourth-order valence-electron chi connectivity index (χ4n) is 3.35. The monoisotopic (exact) mass is 404 g/mol. The van der Waals surface area contributed by atoms with Crippen molar-refractivity contribution in [1.29, 1.82) is 0 Å². The second-order valence-corrected chi connectivity index (χ2v) is 6.92. The van der Waals surface area contributed by atoms with Gasteiger partial charge in [-0.05, 0) is 36.6 Å². The third kappa shape index (κ3) is 6.23. The summed E-state index contributed by atoms with van der Waals surface area (Å²) in [6.07, 6.45) is 1.11. The Morgan fingerprint density at radius 3 is 2.61 bits per heavy atom. The van der Waals surface area contributed by atoms with E-state index in [1.807, 2.05) is 18.2 Å². The summed E-state index contributed by atoms with van der Waals surface area (Å²) in [7, 11) is 1.60. The molecule has 1 aliphatic heterocycles. The van der Waals surface area contributed by atoms with Gasteiger partial charge in [-0.2, -0.15) is 0 Å². The van der Waals surface area contributed by atoms with Crippen LogP contribution >= 0.6 is 12.4 Å². The summed E-state index contributed by atoms with van der Waals surface area (Å²) in [5.74, 6) is 0.582. The normalized spacial score (nSPS) is 18.0. The van der Waals surface area contributed by atoms with Crippen molar-refractivity contribution in [3.05, 3.63) is 65.7 Å². The Hall–Kier alpha value is -2.08. The minimum Gasteiger partial charge on any atom is -0.484 e. The van der Waals surface area contributed by atoms with Gasteiger partial charge < -0.3 is 14.8 Å². The van der Waals surface area contributed by atoms with Crippen LogP contribution in [0.25, 0.3) is 0 Å². The molecule has 152 valence electrons. The highest BCUT2D eigenvalue weighted by atomic mass is 35.5. The largest absolute Gasteiger partial charge is 0.484 e. The predicted octanol–water partition coefficient (Wildman–Crippen LogP) is 3.24. The van der Waals surface area contributed by atoms with Gasteiger partial charge in [0.15, 0.2) is 6.61 Å². The van der Waals surface area contributed by atoms with Crippen molar-refractivity contribution < 1.29 is 14.3 Å². The van der Waals surface area contributed by atoms with Gasteiger partial charge >= 0.3 is 0 Å². The van der Waals surface area contributed by atoms with Gasteiger partial charge in [0, 0.05) is 26.2 Å². The van der Waals surface area contributed by atoms with Crippen molar-refractivity contribution in [3.8, 4) is 5.75 Å². The topological polar surface area (TPSA) is 50.8 Å². The maximum Gasteiger partial charge on any atom is 0.257 e. The summed E-state index contributed by atoms with van der Waals surface area (Å²) in [5.41, 5.74) is 2.50. The SMILES string of the molecule is CNC(=O)COc1ccc(CC(C)N2CCOC(c3ccccc3)C2)cc1.Cl. The molecule has 1 heterocycles. The number of halogens is 1. The van der Waals surface area contributed by atoms with E-state index in [4.69, 9.17) is 9.47 Å². The number of ether oxygens (including phenoxy) is 2. The Morgan fingerprint density at radius 2 is 1.93 bits per heavy atom. The molecule has 1 amide bonds. The lowest BCUT2D eigenvalue weighted by Crippen LogP contribution is -2.44. The van der Waals surface area contributed by atoms with Gasteiger partial charge in [0.25, 0.3) is 5.91 Å². The summed E-state index contributed by atoms with van der Waals surface area (Å²) in [6.45, 7) is 4.94. The minimum atomic E-state index is -0.131. The Labute approximate surface area is 173 Å². The van der Waals surface area contributed by atoms with Crippen LogP contribution in [0.1, 0.15) is 24.2 Å². The molecule has 1 N–H and O–H groups in total. The van der Waals surface area contributed by atoms with Crippen LogP contribution in [0.2, 0.25) is 0 Å². The third-order valence-electron chi connectivity index (χ3n) is 5.00. The van der Waals surface area contributed by atoms with Crippen LogP contribution in [0.15, 0.2) is 54.6 Å². The molecule has 1 aliphatic rings. The number of likely N-dealkylation sites (N-methyl/N-ethyl adjacent to an activating group) is 1. The molecule has 28 heavy (non-hydrogen) atoms. The Kier molecular flexibility index (Phi) is 8.77. The number of hydrogen-bond donors (Lipinski definition) is 1. The van der Waals surface area contributed by atoms with E-state index in [0.29, 0.717) is 11.8 Å². The van der Waals surface area contributed by atoms with Gasteiger partial charge in [-0.1, -0.05) is 42.5 Å². The van der Waals surface area contributed by atoms with Crippen LogP contribution in [-0.2, 0) is 16.0 Å². The number of hydrogen-bond acceptors (Lipinski definition) is 4. The van der Waals surface area contributed by atoms with Crippen LogP contribution in [0.5, 0.6) is 5.75 Å². The van der Waals surface area contributed by atoms with Crippen molar-refractivity contribution >= 4 is 18.3 Å². The number of rotatable bonds is 7. The highest BCUT2D eigenvalue weighted by molar-refractivity contribution is 5.85. The second-order valence-electron chi connectivity index (χ2n) is 6.92. The highest BCUT2D eigenvalue weighted by Crippen LogP contribution is 2.24. The number of nitrogens with one attached hydrogen (secondary N) is 1. The fourth-order valence-corrected chi connectivity index (χ4v) is 3.35. The molecule has 2 atom stereocenters. The van der Waals surface area contributed by atoms with Crippen molar-refractivity contribution in [2.45, 2.75) is 25.5 Å². The zero-order chi connectivity index (χ0) is 19.1. The van der Waals surface area contributed by atoms with E-state index in [1.165, 1.54) is 11.1 Å². The van der Waals surface area contributed by atoms with Crippen molar-refractivity contribution in [1.82, 2.24) is 10.2 Å². The zero-order valence-electron chi connectivity index (χ0n) is 16.5. The van der Waals surface area contributed by atoms with Crippen molar-refractivity contribution in [2.75, 3.05) is 33.4 Å².